The molecule has 0 aliphatic heterocycles. The molecule has 0 aromatic heterocycles. The Kier molecular flexibility index (Phi) is 3.73. The van der Waals surface area contributed by atoms with E-state index in [0.29, 0.717) is 12.1 Å². The van der Waals surface area contributed by atoms with Gasteiger partial charge in [-0.15, -0.1) is 0 Å². The molecule has 0 fully saturated rings. The Morgan fingerprint density at radius 1 is 1.43 bits per heavy atom. The molecule has 0 aliphatic carbocycles. The van der Waals surface area contributed by atoms with E-state index in [0.717, 1.165) is 5.69 Å². The monoisotopic (exact) mass is 191 g/mol. The second-order valence-corrected chi connectivity index (χ2v) is 2.85. The Bertz CT molecular complexity index is 330. The second-order valence-electron chi connectivity index (χ2n) is 2.85. The summed E-state index contributed by atoms with van der Waals surface area (Å²) >= 11 is 0. The van der Waals surface area contributed by atoms with Gasteiger partial charge in [0.25, 0.3) is 0 Å². The van der Waals surface area contributed by atoms with Gasteiger partial charge in [-0.25, -0.2) is 4.79 Å². The van der Waals surface area contributed by atoms with Gasteiger partial charge in [0.05, 0.1) is 0 Å². The molecule has 3 heteroatoms. The van der Waals surface area contributed by atoms with Crippen LogP contribution in [0.5, 0.6) is 0 Å². The van der Waals surface area contributed by atoms with E-state index in [9.17, 15) is 4.79 Å². The van der Waals surface area contributed by atoms with Crippen LogP contribution >= 0.6 is 0 Å². The average molecular weight is 191 g/mol. The van der Waals surface area contributed by atoms with Crippen molar-refractivity contribution in [2.45, 2.75) is 13.3 Å². The van der Waals surface area contributed by atoms with E-state index in [-0.39, 0.29) is 0 Å². The van der Waals surface area contributed by atoms with Crippen molar-refractivity contribution < 1.29 is 9.90 Å². The topological polar surface area (TPSA) is 49.3 Å². The van der Waals surface area contributed by atoms with Gasteiger partial charge < -0.3 is 10.4 Å². The second kappa shape index (κ2) is 5.07. The summed E-state index contributed by atoms with van der Waals surface area (Å²) in [6.45, 7) is 1.91. The Labute approximate surface area is 83.1 Å². The molecule has 0 unspecified atom stereocenters. The highest BCUT2D eigenvalue weighted by molar-refractivity contribution is 5.81. The highest BCUT2D eigenvalue weighted by atomic mass is 16.4. The lowest BCUT2D eigenvalue weighted by Crippen LogP contribution is -2.01. The molecule has 3 nitrogen and oxygen atoms in total. The normalized spacial score (nSPS) is 11.1. The number of benzene rings is 1. The van der Waals surface area contributed by atoms with Crippen LogP contribution in [0, 0.1) is 0 Å². The van der Waals surface area contributed by atoms with E-state index in [1.165, 1.54) is 6.08 Å². The molecule has 1 rings (SSSR count). The fourth-order valence-corrected chi connectivity index (χ4v) is 1.08. The standard InChI is InChI=1S/C11H13NO2/c1-2-9(8-11(13)14)12-10-6-4-3-5-7-10/h3-8,12H,2H2,1H3,(H,13,14). The van der Waals surface area contributed by atoms with E-state index < -0.39 is 5.97 Å². The quantitative estimate of drug-likeness (QED) is 0.719. The maximum Gasteiger partial charge on any atom is 0.330 e. The molecule has 0 heterocycles. The number of hydrogen-bond donors (Lipinski definition) is 2. The molecule has 0 saturated heterocycles. The molecular weight excluding hydrogens is 178 g/mol. The van der Waals surface area contributed by atoms with Crippen molar-refractivity contribution in [1.29, 1.82) is 0 Å². The first-order chi connectivity index (χ1) is 6.72. The lowest BCUT2D eigenvalue weighted by molar-refractivity contribution is -0.131. The predicted molar refractivity (Wildman–Crippen MR) is 56.1 cm³/mol. The lowest BCUT2D eigenvalue weighted by atomic mass is 10.2. The Balaban J connectivity index is 2.71. The van der Waals surface area contributed by atoms with E-state index in [1.807, 2.05) is 37.3 Å². The molecule has 74 valence electrons. The summed E-state index contributed by atoms with van der Waals surface area (Å²) in [5.41, 5.74) is 1.60. The Hall–Kier alpha value is -1.77. The van der Waals surface area contributed by atoms with E-state index in [2.05, 4.69) is 5.32 Å². The van der Waals surface area contributed by atoms with Crippen LogP contribution in [-0.4, -0.2) is 11.1 Å². The third-order valence-corrected chi connectivity index (χ3v) is 1.76. The van der Waals surface area contributed by atoms with Gasteiger partial charge in [0.1, 0.15) is 0 Å². The number of carbonyl (C=O) groups is 1. The van der Waals surface area contributed by atoms with Crippen LogP contribution in [0.3, 0.4) is 0 Å². The number of hydrogen-bond acceptors (Lipinski definition) is 2. The number of nitrogens with one attached hydrogen (secondary N) is 1. The molecule has 0 saturated carbocycles. The van der Waals surface area contributed by atoms with Crippen LogP contribution in [0.2, 0.25) is 0 Å². The SMILES string of the molecule is CCC(=CC(=O)O)Nc1ccccc1. The first kappa shape index (κ1) is 10.3. The van der Waals surface area contributed by atoms with E-state index >= 15 is 0 Å². The highest BCUT2D eigenvalue weighted by Crippen LogP contribution is 2.10. The van der Waals surface area contributed by atoms with Crippen molar-refractivity contribution in [2.75, 3.05) is 5.32 Å². The number of para-hydroxylation sites is 1. The molecule has 0 bridgehead atoms. The van der Waals surface area contributed by atoms with Gasteiger partial charge in [-0.3, -0.25) is 0 Å². The van der Waals surface area contributed by atoms with Gasteiger partial charge in [0.15, 0.2) is 0 Å². The van der Waals surface area contributed by atoms with Gasteiger partial charge in [0, 0.05) is 17.5 Å². The fraction of sp³-hybridized carbons (Fsp3) is 0.182. The highest BCUT2D eigenvalue weighted by Gasteiger charge is 1.97. The van der Waals surface area contributed by atoms with Crippen LogP contribution < -0.4 is 5.32 Å². The van der Waals surface area contributed by atoms with Crippen molar-refractivity contribution in [3.05, 3.63) is 42.1 Å². The minimum absolute atomic E-state index is 0.668. The average Bonchev–Trinajstić information content (AvgIpc) is 2.17. The minimum Gasteiger partial charge on any atom is -0.478 e. The van der Waals surface area contributed by atoms with Crippen LogP contribution in [-0.2, 0) is 4.79 Å². The van der Waals surface area contributed by atoms with Crippen LogP contribution in [0.4, 0.5) is 5.69 Å². The van der Waals surface area contributed by atoms with E-state index in [4.69, 9.17) is 5.11 Å². The first-order valence-electron chi connectivity index (χ1n) is 4.48. The lowest BCUT2D eigenvalue weighted by Gasteiger charge is -2.07. The summed E-state index contributed by atoms with van der Waals surface area (Å²) in [7, 11) is 0. The van der Waals surface area contributed by atoms with Crippen molar-refractivity contribution in [2.24, 2.45) is 0 Å². The maximum absolute atomic E-state index is 10.4. The summed E-state index contributed by atoms with van der Waals surface area (Å²) < 4.78 is 0. The zero-order valence-electron chi connectivity index (χ0n) is 8.03. The van der Waals surface area contributed by atoms with Crippen LogP contribution in [0.15, 0.2) is 42.1 Å². The van der Waals surface area contributed by atoms with Crippen LogP contribution in [0.25, 0.3) is 0 Å². The Morgan fingerprint density at radius 2 is 2.07 bits per heavy atom. The fourth-order valence-electron chi connectivity index (χ4n) is 1.08. The molecular formula is C11H13NO2. The third kappa shape index (κ3) is 3.31. The number of carboxylic acid groups (broad SMARTS) is 1. The smallest absolute Gasteiger partial charge is 0.330 e. The molecule has 1 aromatic carbocycles. The van der Waals surface area contributed by atoms with Gasteiger partial charge in [-0.05, 0) is 18.6 Å². The summed E-state index contributed by atoms with van der Waals surface area (Å²) in [6, 6.07) is 9.50. The van der Waals surface area contributed by atoms with Crippen molar-refractivity contribution >= 4 is 11.7 Å². The van der Waals surface area contributed by atoms with Gasteiger partial charge >= 0.3 is 5.97 Å². The maximum atomic E-state index is 10.4. The molecule has 0 radical (unpaired) electrons. The number of anilines is 1. The zero-order chi connectivity index (χ0) is 10.4. The summed E-state index contributed by atoms with van der Waals surface area (Å²) in [6.07, 6.45) is 1.86. The van der Waals surface area contributed by atoms with Crippen molar-refractivity contribution in [1.82, 2.24) is 0 Å². The number of rotatable bonds is 4. The summed E-state index contributed by atoms with van der Waals surface area (Å²) in [4.78, 5) is 10.4. The van der Waals surface area contributed by atoms with Crippen LogP contribution in [0.1, 0.15) is 13.3 Å². The largest absolute Gasteiger partial charge is 0.478 e. The summed E-state index contributed by atoms with van der Waals surface area (Å²) in [5.74, 6) is -0.926. The molecule has 1 aromatic rings. The molecule has 0 aliphatic rings. The predicted octanol–water partition coefficient (Wildman–Crippen LogP) is 2.48. The van der Waals surface area contributed by atoms with E-state index in [1.54, 1.807) is 0 Å². The van der Waals surface area contributed by atoms with Crippen molar-refractivity contribution in [3.63, 3.8) is 0 Å². The minimum atomic E-state index is -0.926. The number of allylic oxidation sites excluding steroid dienone is 1. The Morgan fingerprint density at radius 3 is 2.57 bits per heavy atom. The van der Waals surface area contributed by atoms with Gasteiger partial charge in [-0.1, -0.05) is 25.1 Å². The first-order valence-corrected chi connectivity index (χ1v) is 4.48. The third-order valence-electron chi connectivity index (χ3n) is 1.76. The van der Waals surface area contributed by atoms with Gasteiger partial charge in [-0.2, -0.15) is 0 Å². The molecule has 0 spiro atoms. The number of aliphatic carboxylic acids is 1. The number of carboxylic acids is 1. The molecule has 0 amide bonds. The summed E-state index contributed by atoms with van der Waals surface area (Å²) in [5, 5.41) is 11.6. The van der Waals surface area contributed by atoms with Gasteiger partial charge in [0.2, 0.25) is 0 Å². The zero-order valence-corrected chi connectivity index (χ0v) is 8.03. The molecule has 2 N–H and O–H groups in total. The van der Waals surface area contributed by atoms with Crippen molar-refractivity contribution in [3.8, 4) is 0 Å². The molecule has 0 atom stereocenters. The molecule has 14 heavy (non-hydrogen) atoms.